The smallest absolute Gasteiger partial charge is 0.257 e. The third kappa shape index (κ3) is 5.49. The van der Waals surface area contributed by atoms with Gasteiger partial charge in [0.2, 0.25) is 10.0 Å². The summed E-state index contributed by atoms with van der Waals surface area (Å²) in [7, 11) is -0.904. The first kappa shape index (κ1) is 25.2. The molecule has 0 aromatic heterocycles. The first-order valence-corrected chi connectivity index (χ1v) is 13.3. The van der Waals surface area contributed by atoms with Gasteiger partial charge in [0.05, 0.1) is 51.1 Å². The van der Waals surface area contributed by atoms with Crippen molar-refractivity contribution in [3.05, 3.63) is 17.7 Å². The fraction of sp³-hybridized carbons (Fsp3) is 0.696. The van der Waals surface area contributed by atoms with Gasteiger partial charge in [0.1, 0.15) is 0 Å². The number of benzene rings is 1. The van der Waals surface area contributed by atoms with Gasteiger partial charge in [-0.3, -0.25) is 9.69 Å². The van der Waals surface area contributed by atoms with E-state index in [1.807, 2.05) is 0 Å². The number of ether oxygens (including phenoxy) is 4. The average Bonchev–Trinajstić information content (AvgIpc) is 2.89. The van der Waals surface area contributed by atoms with Crippen LogP contribution in [0.25, 0.3) is 0 Å². The van der Waals surface area contributed by atoms with Crippen molar-refractivity contribution in [1.82, 2.24) is 14.1 Å². The Labute approximate surface area is 201 Å². The molecule has 0 N–H and O–H groups in total. The topological polar surface area (TPSA) is 97.8 Å². The zero-order valence-corrected chi connectivity index (χ0v) is 20.8. The SMILES string of the molecule is COc1cc(S(=O)(=O)N2CCOCC2)cc(C(=O)N2CCC(CN3CCOCC3)CC2)c1OC. The van der Waals surface area contributed by atoms with Crippen LogP contribution < -0.4 is 9.47 Å². The molecule has 0 unspecified atom stereocenters. The Kier molecular flexibility index (Phi) is 8.30. The fourth-order valence-corrected chi connectivity index (χ4v) is 6.27. The second-order valence-corrected chi connectivity index (χ2v) is 10.8. The van der Waals surface area contributed by atoms with E-state index in [0.29, 0.717) is 32.2 Å². The van der Waals surface area contributed by atoms with Crippen LogP contribution in [0.2, 0.25) is 0 Å². The largest absolute Gasteiger partial charge is 0.493 e. The molecule has 190 valence electrons. The number of carbonyl (C=O) groups is 1. The molecule has 3 fully saturated rings. The second kappa shape index (κ2) is 11.2. The number of amides is 1. The second-order valence-electron chi connectivity index (χ2n) is 8.87. The molecular weight excluding hydrogens is 462 g/mol. The summed E-state index contributed by atoms with van der Waals surface area (Å²) in [5, 5.41) is 0. The molecule has 3 saturated heterocycles. The number of hydrogen-bond acceptors (Lipinski definition) is 8. The van der Waals surface area contributed by atoms with E-state index in [4.69, 9.17) is 18.9 Å². The molecule has 0 saturated carbocycles. The third-order valence-electron chi connectivity index (χ3n) is 6.81. The Bertz CT molecular complexity index is 952. The van der Waals surface area contributed by atoms with E-state index < -0.39 is 10.0 Å². The number of morpholine rings is 2. The molecule has 0 spiro atoms. The number of carbonyl (C=O) groups excluding carboxylic acids is 1. The number of likely N-dealkylation sites (tertiary alicyclic amines) is 1. The van der Waals surface area contributed by atoms with Crippen molar-refractivity contribution in [3.8, 4) is 11.5 Å². The summed E-state index contributed by atoms with van der Waals surface area (Å²) < 4.78 is 49.6. The lowest BCUT2D eigenvalue weighted by Crippen LogP contribution is -2.44. The lowest BCUT2D eigenvalue weighted by atomic mass is 9.95. The van der Waals surface area contributed by atoms with E-state index in [0.717, 1.165) is 45.7 Å². The number of hydrogen-bond donors (Lipinski definition) is 0. The molecule has 3 heterocycles. The maximum atomic E-state index is 13.5. The van der Waals surface area contributed by atoms with E-state index >= 15 is 0 Å². The summed E-state index contributed by atoms with van der Waals surface area (Å²) in [5.41, 5.74) is 0.209. The summed E-state index contributed by atoms with van der Waals surface area (Å²) in [6.07, 6.45) is 1.82. The molecule has 0 bridgehead atoms. The van der Waals surface area contributed by atoms with Crippen LogP contribution in [-0.4, -0.2) is 115 Å². The molecule has 1 amide bonds. The van der Waals surface area contributed by atoms with E-state index in [1.54, 1.807) is 4.90 Å². The molecule has 4 rings (SSSR count). The standard InChI is InChI=1S/C23H35N3O7S/c1-30-21-16-19(34(28,29)26-9-13-33-14-10-26)15-20(22(21)31-2)23(27)25-5-3-18(4-6-25)17-24-7-11-32-12-8-24/h15-16,18H,3-14,17H2,1-2H3. The summed E-state index contributed by atoms with van der Waals surface area (Å²) in [6.45, 7) is 6.99. The first-order chi connectivity index (χ1) is 16.4. The molecule has 0 atom stereocenters. The quantitative estimate of drug-likeness (QED) is 0.548. The van der Waals surface area contributed by atoms with Crippen LogP contribution in [0.5, 0.6) is 11.5 Å². The Hall–Kier alpha value is -1.92. The van der Waals surface area contributed by atoms with Gasteiger partial charge >= 0.3 is 0 Å². The lowest BCUT2D eigenvalue weighted by Gasteiger charge is -2.36. The molecule has 0 radical (unpaired) electrons. The van der Waals surface area contributed by atoms with Crippen LogP contribution in [0, 0.1) is 5.92 Å². The minimum atomic E-state index is -3.80. The molecule has 0 aliphatic carbocycles. The van der Waals surface area contributed by atoms with Gasteiger partial charge in [0.15, 0.2) is 11.5 Å². The zero-order chi connectivity index (χ0) is 24.1. The van der Waals surface area contributed by atoms with Crippen molar-refractivity contribution in [2.45, 2.75) is 17.7 Å². The van der Waals surface area contributed by atoms with Gasteiger partial charge in [-0.2, -0.15) is 4.31 Å². The van der Waals surface area contributed by atoms with Crippen molar-refractivity contribution in [1.29, 1.82) is 0 Å². The molecular formula is C23H35N3O7S. The van der Waals surface area contributed by atoms with Crippen LogP contribution in [0.3, 0.4) is 0 Å². The summed E-state index contributed by atoms with van der Waals surface area (Å²) >= 11 is 0. The van der Waals surface area contributed by atoms with E-state index in [1.165, 1.54) is 30.7 Å². The predicted octanol–water partition coefficient (Wildman–Crippen LogP) is 0.909. The van der Waals surface area contributed by atoms with Crippen LogP contribution in [0.15, 0.2) is 17.0 Å². The average molecular weight is 498 g/mol. The van der Waals surface area contributed by atoms with Gasteiger partial charge in [-0.25, -0.2) is 8.42 Å². The molecule has 10 nitrogen and oxygen atoms in total. The highest BCUT2D eigenvalue weighted by molar-refractivity contribution is 7.89. The van der Waals surface area contributed by atoms with Crippen molar-refractivity contribution in [2.75, 3.05) is 86.5 Å². The van der Waals surface area contributed by atoms with Gasteiger partial charge in [-0.05, 0) is 24.8 Å². The van der Waals surface area contributed by atoms with Gasteiger partial charge < -0.3 is 23.8 Å². The molecule has 11 heteroatoms. The monoisotopic (exact) mass is 497 g/mol. The Morgan fingerprint density at radius 2 is 1.56 bits per heavy atom. The number of sulfonamides is 1. The molecule has 1 aromatic rings. The van der Waals surface area contributed by atoms with E-state index in [2.05, 4.69) is 4.90 Å². The van der Waals surface area contributed by atoms with Crippen LogP contribution in [-0.2, 0) is 19.5 Å². The maximum Gasteiger partial charge on any atom is 0.257 e. The van der Waals surface area contributed by atoms with Gasteiger partial charge in [-0.15, -0.1) is 0 Å². The summed E-state index contributed by atoms with van der Waals surface area (Å²) in [6, 6.07) is 2.85. The third-order valence-corrected chi connectivity index (χ3v) is 8.69. The van der Waals surface area contributed by atoms with Crippen molar-refractivity contribution in [2.24, 2.45) is 5.92 Å². The normalized spacial score (nSPS) is 21.4. The summed E-state index contributed by atoms with van der Waals surface area (Å²) in [4.78, 5) is 17.8. The number of rotatable bonds is 7. The van der Waals surface area contributed by atoms with E-state index in [9.17, 15) is 13.2 Å². The van der Waals surface area contributed by atoms with Crippen molar-refractivity contribution in [3.63, 3.8) is 0 Å². The fourth-order valence-electron chi connectivity index (χ4n) is 4.82. The van der Waals surface area contributed by atoms with Gasteiger partial charge in [-0.1, -0.05) is 0 Å². The minimum absolute atomic E-state index is 0.0256. The predicted molar refractivity (Wildman–Crippen MR) is 125 cm³/mol. The van der Waals surface area contributed by atoms with Gasteiger partial charge in [0, 0.05) is 51.9 Å². The highest BCUT2D eigenvalue weighted by Gasteiger charge is 2.32. The van der Waals surface area contributed by atoms with Crippen molar-refractivity contribution >= 4 is 15.9 Å². The molecule has 3 aliphatic rings. The summed E-state index contributed by atoms with van der Waals surface area (Å²) in [5.74, 6) is 0.775. The van der Waals surface area contributed by atoms with Crippen LogP contribution >= 0.6 is 0 Å². The maximum absolute atomic E-state index is 13.5. The number of nitrogens with zero attached hydrogens (tertiary/aromatic N) is 3. The van der Waals surface area contributed by atoms with E-state index in [-0.39, 0.29) is 41.0 Å². The Morgan fingerprint density at radius 3 is 2.15 bits per heavy atom. The zero-order valence-electron chi connectivity index (χ0n) is 20.0. The molecule has 3 aliphatic heterocycles. The minimum Gasteiger partial charge on any atom is -0.493 e. The number of methoxy groups -OCH3 is 2. The van der Waals surface area contributed by atoms with Gasteiger partial charge in [0.25, 0.3) is 5.91 Å². The van der Waals surface area contributed by atoms with Crippen LogP contribution in [0.1, 0.15) is 23.2 Å². The Balaban J connectivity index is 1.52. The highest BCUT2D eigenvalue weighted by Crippen LogP contribution is 2.36. The molecule has 1 aromatic carbocycles. The van der Waals surface area contributed by atoms with Crippen LogP contribution in [0.4, 0.5) is 0 Å². The first-order valence-electron chi connectivity index (χ1n) is 11.9. The van der Waals surface area contributed by atoms with Crippen molar-refractivity contribution < 1.29 is 32.2 Å². The number of piperidine rings is 1. The lowest BCUT2D eigenvalue weighted by molar-refractivity contribution is 0.0242. The Morgan fingerprint density at radius 1 is 0.941 bits per heavy atom. The highest BCUT2D eigenvalue weighted by atomic mass is 32.2. The molecule has 34 heavy (non-hydrogen) atoms.